The van der Waals surface area contributed by atoms with Crippen LogP contribution in [0.1, 0.15) is 20.3 Å². The number of rotatable bonds is 1. The summed E-state index contributed by atoms with van der Waals surface area (Å²) in [6, 6.07) is 0.129. The fraction of sp³-hybridized carbons (Fsp3) is 0.875. The molecule has 0 aromatic rings. The minimum Gasteiger partial charge on any atom is -0.336 e. The second-order valence-electron chi connectivity index (χ2n) is 3.48. The molecule has 0 saturated carbocycles. The van der Waals surface area contributed by atoms with Crippen LogP contribution >= 0.6 is 11.6 Å². The van der Waals surface area contributed by atoms with E-state index >= 15 is 0 Å². The summed E-state index contributed by atoms with van der Waals surface area (Å²) in [6.45, 7) is 4.60. The Hall–Kier alpha value is -0.310. The van der Waals surface area contributed by atoms with E-state index in [1.807, 2.05) is 13.8 Å². The van der Waals surface area contributed by atoms with Crippen LogP contribution in [0.25, 0.3) is 0 Å². The molecule has 4 heteroatoms. The molecule has 1 heterocycles. The van der Waals surface area contributed by atoms with E-state index in [2.05, 4.69) is 0 Å². The summed E-state index contributed by atoms with van der Waals surface area (Å²) in [4.78, 5) is 12.6. The number of hydrogen-bond donors (Lipinski definition) is 0. The predicted molar refractivity (Wildman–Crippen MR) is 45.7 cm³/mol. The van der Waals surface area contributed by atoms with E-state index in [9.17, 15) is 9.18 Å². The van der Waals surface area contributed by atoms with E-state index in [4.69, 9.17) is 11.6 Å². The Morgan fingerprint density at radius 2 is 2.25 bits per heavy atom. The maximum Gasteiger partial charge on any atom is 0.272 e. The summed E-state index contributed by atoms with van der Waals surface area (Å²) in [5.74, 6) is -0.132. The molecule has 1 amide bonds. The second-order valence-corrected chi connectivity index (χ2v) is 3.86. The molecule has 70 valence electrons. The van der Waals surface area contributed by atoms with E-state index < -0.39 is 11.5 Å². The Balaban J connectivity index is 2.58. The van der Waals surface area contributed by atoms with E-state index in [-0.39, 0.29) is 6.04 Å². The Kier molecular flexibility index (Phi) is 2.94. The van der Waals surface area contributed by atoms with Gasteiger partial charge in [0, 0.05) is 12.6 Å². The maximum absolute atomic E-state index is 12.4. The third-order valence-corrected chi connectivity index (χ3v) is 2.44. The fourth-order valence-electron chi connectivity index (χ4n) is 1.73. The predicted octanol–water partition coefficient (Wildman–Crippen LogP) is 1.78. The Morgan fingerprint density at radius 1 is 1.67 bits per heavy atom. The van der Waals surface area contributed by atoms with Gasteiger partial charge in [0.05, 0.1) is 0 Å². The minimum absolute atomic E-state index is 0.129. The van der Waals surface area contributed by atoms with Gasteiger partial charge in [-0.1, -0.05) is 18.5 Å². The van der Waals surface area contributed by atoms with Crippen LogP contribution in [0.5, 0.6) is 0 Å². The number of carbonyl (C=O) groups is 1. The Bertz CT molecular complexity index is 186. The molecule has 12 heavy (non-hydrogen) atoms. The first-order valence-corrected chi connectivity index (χ1v) is 4.54. The fourth-order valence-corrected chi connectivity index (χ4v) is 1.86. The average Bonchev–Trinajstić information content (AvgIpc) is 2.28. The number of nitrogens with zero attached hydrogens (tertiary/aromatic N) is 1. The summed E-state index contributed by atoms with van der Waals surface area (Å²) in [6.07, 6.45) is 0.940. The van der Waals surface area contributed by atoms with Gasteiger partial charge in [-0.05, 0) is 19.3 Å². The third-order valence-electron chi connectivity index (χ3n) is 2.25. The summed E-state index contributed by atoms with van der Waals surface area (Å²) < 4.78 is 12.4. The Morgan fingerprint density at radius 3 is 2.58 bits per heavy atom. The van der Waals surface area contributed by atoms with E-state index in [1.54, 1.807) is 0 Å². The second kappa shape index (κ2) is 3.60. The van der Waals surface area contributed by atoms with E-state index in [1.165, 1.54) is 4.90 Å². The Labute approximate surface area is 76.7 Å². The monoisotopic (exact) mass is 193 g/mol. The number of alkyl halides is 2. The van der Waals surface area contributed by atoms with Crippen molar-refractivity contribution in [3.63, 3.8) is 0 Å². The molecular weight excluding hydrogens is 181 g/mol. The molecule has 0 spiro atoms. The van der Waals surface area contributed by atoms with Gasteiger partial charge in [-0.3, -0.25) is 4.79 Å². The van der Waals surface area contributed by atoms with E-state index in [0.29, 0.717) is 12.5 Å². The van der Waals surface area contributed by atoms with Gasteiger partial charge >= 0.3 is 0 Å². The molecular formula is C8H13ClFNO. The molecule has 0 radical (unpaired) electrons. The topological polar surface area (TPSA) is 20.3 Å². The highest BCUT2D eigenvalue weighted by Crippen LogP contribution is 2.23. The van der Waals surface area contributed by atoms with Gasteiger partial charge in [0.2, 0.25) is 0 Å². The first-order chi connectivity index (χ1) is 5.52. The van der Waals surface area contributed by atoms with Crippen molar-refractivity contribution in [1.82, 2.24) is 4.90 Å². The lowest BCUT2D eigenvalue weighted by molar-refractivity contribution is -0.134. The normalized spacial score (nSPS) is 32.2. The van der Waals surface area contributed by atoms with Gasteiger partial charge < -0.3 is 4.90 Å². The summed E-state index contributed by atoms with van der Waals surface area (Å²) >= 11 is 5.06. The molecule has 3 atom stereocenters. The highest BCUT2D eigenvalue weighted by atomic mass is 35.5. The first kappa shape index (κ1) is 9.78. The van der Waals surface area contributed by atoms with Crippen LogP contribution in [0.4, 0.5) is 4.39 Å². The largest absolute Gasteiger partial charge is 0.336 e. The van der Waals surface area contributed by atoms with Gasteiger partial charge in [0.25, 0.3) is 11.5 Å². The molecule has 3 unspecified atom stereocenters. The highest BCUT2D eigenvalue weighted by Gasteiger charge is 2.32. The van der Waals surface area contributed by atoms with E-state index in [0.717, 1.165) is 6.42 Å². The molecule has 1 fully saturated rings. The number of amides is 1. The lowest BCUT2D eigenvalue weighted by Crippen LogP contribution is -2.37. The van der Waals surface area contributed by atoms with Crippen molar-refractivity contribution in [3.8, 4) is 0 Å². The van der Waals surface area contributed by atoms with Crippen molar-refractivity contribution in [1.29, 1.82) is 0 Å². The zero-order valence-corrected chi connectivity index (χ0v) is 8.01. The van der Waals surface area contributed by atoms with Gasteiger partial charge in [-0.2, -0.15) is 0 Å². The molecule has 1 saturated heterocycles. The first-order valence-electron chi connectivity index (χ1n) is 4.11. The quantitative estimate of drug-likeness (QED) is 0.582. The van der Waals surface area contributed by atoms with Crippen LogP contribution in [-0.2, 0) is 4.79 Å². The van der Waals surface area contributed by atoms with Crippen molar-refractivity contribution in [2.75, 3.05) is 6.54 Å². The van der Waals surface area contributed by atoms with Crippen LogP contribution in [0, 0.1) is 5.92 Å². The van der Waals surface area contributed by atoms with Gasteiger partial charge in [-0.15, -0.1) is 0 Å². The molecule has 0 N–H and O–H groups in total. The molecule has 0 bridgehead atoms. The van der Waals surface area contributed by atoms with Crippen LogP contribution in [0.15, 0.2) is 0 Å². The summed E-state index contributed by atoms with van der Waals surface area (Å²) in [5.41, 5.74) is -1.88. The van der Waals surface area contributed by atoms with Crippen molar-refractivity contribution < 1.29 is 9.18 Å². The average molecular weight is 194 g/mol. The zero-order valence-electron chi connectivity index (χ0n) is 7.26. The van der Waals surface area contributed by atoms with Gasteiger partial charge in [0.15, 0.2) is 0 Å². The van der Waals surface area contributed by atoms with Crippen molar-refractivity contribution in [3.05, 3.63) is 0 Å². The zero-order chi connectivity index (χ0) is 9.30. The summed E-state index contributed by atoms with van der Waals surface area (Å²) in [5, 5.41) is 0. The molecule has 0 aliphatic carbocycles. The lowest BCUT2D eigenvalue weighted by atomic mass is 10.1. The third kappa shape index (κ3) is 1.89. The molecule has 1 aliphatic rings. The molecule has 0 aromatic carbocycles. The molecule has 1 rings (SSSR count). The van der Waals surface area contributed by atoms with Crippen LogP contribution in [0.3, 0.4) is 0 Å². The molecule has 2 nitrogen and oxygen atoms in total. The smallest absolute Gasteiger partial charge is 0.272 e. The minimum atomic E-state index is -1.88. The van der Waals surface area contributed by atoms with Crippen LogP contribution < -0.4 is 0 Å². The van der Waals surface area contributed by atoms with Gasteiger partial charge in [0.1, 0.15) is 0 Å². The number of hydrogen-bond acceptors (Lipinski definition) is 1. The number of carbonyl (C=O) groups excluding carboxylic acids is 1. The number of halogens is 2. The maximum atomic E-state index is 12.4. The lowest BCUT2D eigenvalue weighted by Gasteiger charge is -2.21. The summed E-state index contributed by atoms with van der Waals surface area (Å²) in [7, 11) is 0. The van der Waals surface area contributed by atoms with Crippen LogP contribution in [0.2, 0.25) is 0 Å². The molecule has 0 aromatic heterocycles. The highest BCUT2D eigenvalue weighted by molar-refractivity contribution is 6.29. The van der Waals surface area contributed by atoms with Crippen LogP contribution in [-0.4, -0.2) is 29.0 Å². The van der Waals surface area contributed by atoms with Gasteiger partial charge in [-0.25, -0.2) is 4.39 Å². The van der Waals surface area contributed by atoms with Crippen molar-refractivity contribution in [2.24, 2.45) is 5.92 Å². The van der Waals surface area contributed by atoms with Crippen molar-refractivity contribution in [2.45, 2.75) is 31.9 Å². The standard InChI is InChI=1S/C8H13ClFNO/c1-5-3-6(2)11(4-5)8(12)7(9)10/h5-7H,3-4H2,1-2H3. The molecule has 1 aliphatic heterocycles. The number of likely N-dealkylation sites (tertiary alicyclic amines) is 1. The van der Waals surface area contributed by atoms with Crippen molar-refractivity contribution >= 4 is 17.5 Å². The SMILES string of the molecule is CC1CC(C)N(C(=O)C(F)Cl)C1.